The maximum absolute atomic E-state index is 13.5. The third kappa shape index (κ3) is 9.01. The fraction of sp³-hybridized carbons (Fsp3) is 0.500. The number of nitrogens with one attached hydrogen (secondary N) is 1. The molecule has 2 aromatic rings. The number of halogens is 2. The minimum atomic E-state index is -3.64. The van der Waals surface area contributed by atoms with Gasteiger partial charge in [-0.1, -0.05) is 54.6 Å². The van der Waals surface area contributed by atoms with Gasteiger partial charge in [-0.25, -0.2) is 8.42 Å². The SMILES string of the molecule is COc1ccc(N(CCCC(=O)N(Cc2ccc(Cl)cc2)[C@@H](C)C(=O)NC2CCCCC2)S(C)(=O)=O)cc1Cl. The Morgan fingerprint density at radius 2 is 1.74 bits per heavy atom. The second kappa shape index (κ2) is 14.2. The molecular weight excluding hydrogens is 561 g/mol. The number of benzene rings is 2. The van der Waals surface area contributed by atoms with E-state index in [2.05, 4.69) is 5.32 Å². The van der Waals surface area contributed by atoms with Crippen molar-refractivity contribution in [2.45, 2.75) is 70.5 Å². The highest BCUT2D eigenvalue weighted by Gasteiger charge is 2.28. The summed E-state index contributed by atoms with van der Waals surface area (Å²) in [6.07, 6.45) is 6.66. The smallest absolute Gasteiger partial charge is 0.242 e. The largest absolute Gasteiger partial charge is 0.495 e. The predicted molar refractivity (Wildman–Crippen MR) is 156 cm³/mol. The summed E-state index contributed by atoms with van der Waals surface area (Å²) in [7, 11) is -2.16. The molecule has 214 valence electrons. The van der Waals surface area contributed by atoms with Crippen molar-refractivity contribution in [1.82, 2.24) is 10.2 Å². The maximum Gasteiger partial charge on any atom is 0.242 e. The molecule has 1 saturated carbocycles. The number of carbonyl (C=O) groups is 2. The van der Waals surface area contributed by atoms with Crippen LogP contribution in [-0.4, -0.2) is 57.1 Å². The van der Waals surface area contributed by atoms with E-state index in [1.807, 2.05) is 12.1 Å². The highest BCUT2D eigenvalue weighted by Crippen LogP contribution is 2.30. The molecule has 0 heterocycles. The van der Waals surface area contributed by atoms with Crippen LogP contribution in [0, 0.1) is 0 Å². The van der Waals surface area contributed by atoms with Crippen molar-refractivity contribution in [2.24, 2.45) is 0 Å². The van der Waals surface area contributed by atoms with E-state index < -0.39 is 16.1 Å². The van der Waals surface area contributed by atoms with Crippen molar-refractivity contribution < 1.29 is 22.7 Å². The van der Waals surface area contributed by atoms with Gasteiger partial charge in [0.15, 0.2) is 0 Å². The van der Waals surface area contributed by atoms with Gasteiger partial charge in [-0.3, -0.25) is 13.9 Å². The molecule has 1 aliphatic carbocycles. The van der Waals surface area contributed by atoms with E-state index >= 15 is 0 Å². The maximum atomic E-state index is 13.5. The van der Waals surface area contributed by atoms with Gasteiger partial charge in [0.1, 0.15) is 11.8 Å². The number of anilines is 1. The van der Waals surface area contributed by atoms with E-state index in [1.165, 1.54) is 23.9 Å². The second-order valence-corrected chi connectivity index (χ2v) is 12.7. The first-order valence-electron chi connectivity index (χ1n) is 13.1. The zero-order valence-electron chi connectivity index (χ0n) is 22.7. The van der Waals surface area contributed by atoms with Gasteiger partial charge >= 0.3 is 0 Å². The Balaban J connectivity index is 1.72. The van der Waals surface area contributed by atoms with Crippen molar-refractivity contribution in [3.63, 3.8) is 0 Å². The van der Waals surface area contributed by atoms with Gasteiger partial charge in [0, 0.05) is 30.6 Å². The molecule has 8 nitrogen and oxygen atoms in total. The highest BCUT2D eigenvalue weighted by atomic mass is 35.5. The van der Waals surface area contributed by atoms with Gasteiger partial charge in [0.2, 0.25) is 21.8 Å². The number of hydrogen-bond acceptors (Lipinski definition) is 5. The predicted octanol–water partition coefficient (Wildman–Crippen LogP) is 5.41. The minimum absolute atomic E-state index is 0.0601. The van der Waals surface area contributed by atoms with Crippen molar-refractivity contribution in [2.75, 3.05) is 24.2 Å². The van der Waals surface area contributed by atoms with Gasteiger partial charge in [-0.05, 0) is 62.1 Å². The molecule has 1 aliphatic rings. The molecule has 0 aliphatic heterocycles. The number of sulfonamides is 1. The summed E-state index contributed by atoms with van der Waals surface area (Å²) in [6.45, 7) is 2.04. The fourth-order valence-electron chi connectivity index (χ4n) is 4.75. The first-order chi connectivity index (χ1) is 18.5. The van der Waals surface area contributed by atoms with Crippen LogP contribution in [-0.2, 0) is 26.2 Å². The van der Waals surface area contributed by atoms with Crippen molar-refractivity contribution in [3.8, 4) is 5.75 Å². The Kier molecular flexibility index (Phi) is 11.3. The molecule has 3 rings (SSSR count). The molecule has 1 N–H and O–H groups in total. The molecule has 2 aromatic carbocycles. The van der Waals surface area contributed by atoms with Crippen LogP contribution in [0.15, 0.2) is 42.5 Å². The number of rotatable bonds is 12. The van der Waals surface area contributed by atoms with Crippen molar-refractivity contribution in [3.05, 3.63) is 58.1 Å². The van der Waals surface area contributed by atoms with Crippen LogP contribution in [0.1, 0.15) is 57.4 Å². The Bertz CT molecular complexity index is 1230. The number of amides is 2. The Hall–Kier alpha value is -2.49. The van der Waals surface area contributed by atoms with Crippen LogP contribution in [0.2, 0.25) is 10.0 Å². The number of carbonyl (C=O) groups excluding carboxylic acids is 2. The Morgan fingerprint density at radius 3 is 2.33 bits per heavy atom. The number of ether oxygens (including phenoxy) is 1. The summed E-state index contributed by atoms with van der Waals surface area (Å²) in [5.74, 6) is 0.00897. The highest BCUT2D eigenvalue weighted by molar-refractivity contribution is 7.92. The summed E-state index contributed by atoms with van der Waals surface area (Å²) in [5.41, 5.74) is 1.23. The standard InChI is InChI=1S/C28H37Cl2N3O5S/c1-20(28(35)31-23-8-5-4-6-9-23)32(19-21-11-13-22(29)14-12-21)27(34)10-7-17-33(39(3,36)37)24-15-16-26(38-2)25(30)18-24/h11-16,18,20,23H,4-10,17,19H2,1-3H3,(H,31,35)/t20-/m0/s1. The summed E-state index contributed by atoms with van der Waals surface area (Å²) in [4.78, 5) is 28.2. The zero-order valence-corrected chi connectivity index (χ0v) is 25.0. The van der Waals surface area contributed by atoms with Gasteiger partial charge in [0.05, 0.1) is 24.1 Å². The molecule has 0 radical (unpaired) electrons. The first kappa shape index (κ1) is 31.0. The molecule has 0 unspecified atom stereocenters. The summed E-state index contributed by atoms with van der Waals surface area (Å²) in [6, 6.07) is 11.3. The van der Waals surface area contributed by atoms with E-state index in [1.54, 1.807) is 36.1 Å². The molecule has 39 heavy (non-hydrogen) atoms. The van der Waals surface area contributed by atoms with Gasteiger partial charge in [-0.15, -0.1) is 0 Å². The molecular formula is C28H37Cl2N3O5S. The molecule has 11 heteroatoms. The fourth-order valence-corrected chi connectivity index (χ4v) is 6.09. The van der Waals surface area contributed by atoms with Gasteiger partial charge < -0.3 is 15.0 Å². The average Bonchev–Trinajstić information content (AvgIpc) is 2.90. The molecule has 1 fully saturated rings. The average molecular weight is 599 g/mol. The quantitative estimate of drug-likeness (QED) is 0.352. The lowest BCUT2D eigenvalue weighted by atomic mass is 9.95. The Morgan fingerprint density at radius 1 is 1.08 bits per heavy atom. The molecule has 0 saturated heterocycles. The first-order valence-corrected chi connectivity index (χ1v) is 15.8. The van der Waals surface area contributed by atoms with E-state index in [9.17, 15) is 18.0 Å². The lowest BCUT2D eigenvalue weighted by molar-refractivity contribution is -0.141. The van der Waals surface area contributed by atoms with Gasteiger partial charge in [-0.2, -0.15) is 0 Å². The summed E-state index contributed by atoms with van der Waals surface area (Å²) >= 11 is 12.2. The third-order valence-corrected chi connectivity index (χ3v) is 8.70. The zero-order chi connectivity index (χ0) is 28.6. The minimum Gasteiger partial charge on any atom is -0.495 e. The van der Waals surface area contributed by atoms with Gasteiger partial charge in [0.25, 0.3) is 0 Å². The topological polar surface area (TPSA) is 96.0 Å². The van der Waals surface area contributed by atoms with Crippen LogP contribution < -0.4 is 14.4 Å². The van der Waals surface area contributed by atoms with Crippen LogP contribution >= 0.6 is 23.2 Å². The molecule has 0 bridgehead atoms. The van der Waals surface area contributed by atoms with Crippen LogP contribution in [0.25, 0.3) is 0 Å². The number of methoxy groups -OCH3 is 1. The molecule has 0 spiro atoms. The van der Waals surface area contributed by atoms with E-state index in [0.717, 1.165) is 37.5 Å². The van der Waals surface area contributed by atoms with Crippen LogP contribution in [0.5, 0.6) is 5.75 Å². The van der Waals surface area contributed by atoms with E-state index in [-0.39, 0.29) is 48.8 Å². The number of hydrogen-bond donors (Lipinski definition) is 1. The van der Waals surface area contributed by atoms with Crippen molar-refractivity contribution in [1.29, 1.82) is 0 Å². The summed E-state index contributed by atoms with van der Waals surface area (Å²) < 4.78 is 31.5. The second-order valence-electron chi connectivity index (χ2n) is 9.93. The molecule has 0 aromatic heterocycles. The van der Waals surface area contributed by atoms with E-state index in [0.29, 0.717) is 16.5 Å². The number of nitrogens with zero attached hydrogens (tertiary/aromatic N) is 2. The lowest BCUT2D eigenvalue weighted by Gasteiger charge is -2.31. The van der Waals surface area contributed by atoms with Crippen LogP contribution in [0.4, 0.5) is 5.69 Å². The molecule has 2 amide bonds. The van der Waals surface area contributed by atoms with E-state index in [4.69, 9.17) is 27.9 Å². The van der Waals surface area contributed by atoms with Crippen LogP contribution in [0.3, 0.4) is 0 Å². The third-order valence-electron chi connectivity index (χ3n) is 6.96. The normalized spacial score (nSPS) is 14.9. The molecule has 1 atom stereocenters. The van der Waals surface area contributed by atoms with Crippen molar-refractivity contribution >= 4 is 50.7 Å². The Labute approximate surface area is 241 Å². The monoisotopic (exact) mass is 597 g/mol. The summed E-state index contributed by atoms with van der Waals surface area (Å²) in [5, 5.41) is 3.98. The lowest BCUT2D eigenvalue weighted by Crippen LogP contribution is -2.50.